The molecule has 120 valence electrons. The number of carbonyl (C=O) groups excluding carboxylic acids is 3. The SMILES string of the molecule is COc1ccccc1C=C1C(=O)NC(=O)N(C2CCCC2)C1=O. The molecule has 3 rings (SSSR count). The van der Waals surface area contributed by atoms with E-state index in [1.54, 1.807) is 24.3 Å². The van der Waals surface area contributed by atoms with Crippen molar-refractivity contribution in [2.24, 2.45) is 0 Å². The average Bonchev–Trinajstić information content (AvgIpc) is 3.05. The molecule has 23 heavy (non-hydrogen) atoms. The number of imide groups is 2. The highest BCUT2D eigenvalue weighted by Gasteiger charge is 2.40. The molecule has 1 aromatic rings. The predicted octanol–water partition coefficient (Wildman–Crippen LogP) is 2.10. The third-order valence-electron chi connectivity index (χ3n) is 4.26. The van der Waals surface area contributed by atoms with Crippen LogP contribution in [0.1, 0.15) is 31.2 Å². The van der Waals surface area contributed by atoms with Gasteiger partial charge in [-0.1, -0.05) is 31.0 Å². The Hall–Kier alpha value is -2.63. The van der Waals surface area contributed by atoms with Crippen molar-refractivity contribution in [3.05, 3.63) is 35.4 Å². The van der Waals surface area contributed by atoms with Gasteiger partial charge in [0.15, 0.2) is 0 Å². The standard InChI is InChI=1S/C17H18N2O4/c1-23-14-9-5-2-6-11(14)10-13-15(20)18-17(22)19(16(13)21)12-7-3-4-8-12/h2,5-6,9-10,12H,3-4,7-8H2,1H3,(H,18,20,22). The number of amides is 4. The summed E-state index contributed by atoms with van der Waals surface area (Å²) >= 11 is 0. The maximum Gasteiger partial charge on any atom is 0.331 e. The van der Waals surface area contributed by atoms with Gasteiger partial charge in [-0.25, -0.2) is 4.79 Å². The first-order valence-corrected chi connectivity index (χ1v) is 7.65. The lowest BCUT2D eigenvalue weighted by atomic mass is 10.0. The van der Waals surface area contributed by atoms with Gasteiger partial charge in [-0.2, -0.15) is 0 Å². The number of methoxy groups -OCH3 is 1. The Bertz CT molecular complexity index is 690. The Morgan fingerprint density at radius 2 is 1.87 bits per heavy atom. The Kier molecular flexibility index (Phi) is 4.14. The van der Waals surface area contributed by atoms with Crippen LogP contribution >= 0.6 is 0 Å². The molecule has 0 spiro atoms. The van der Waals surface area contributed by atoms with Crippen molar-refractivity contribution in [1.82, 2.24) is 10.2 Å². The van der Waals surface area contributed by atoms with Crippen LogP contribution in [0.4, 0.5) is 4.79 Å². The van der Waals surface area contributed by atoms with Crippen molar-refractivity contribution in [3.63, 3.8) is 0 Å². The van der Waals surface area contributed by atoms with Crippen LogP contribution in [0, 0.1) is 0 Å². The number of urea groups is 1. The summed E-state index contributed by atoms with van der Waals surface area (Å²) in [6.07, 6.45) is 5.03. The van der Waals surface area contributed by atoms with Gasteiger partial charge in [-0.05, 0) is 25.0 Å². The van der Waals surface area contributed by atoms with Crippen LogP contribution in [-0.4, -0.2) is 35.9 Å². The van der Waals surface area contributed by atoms with Crippen LogP contribution in [0.5, 0.6) is 5.75 Å². The average molecular weight is 314 g/mol. The molecule has 0 bridgehead atoms. The molecule has 1 saturated heterocycles. The number of para-hydroxylation sites is 1. The van der Waals surface area contributed by atoms with Crippen molar-refractivity contribution in [1.29, 1.82) is 0 Å². The number of benzene rings is 1. The molecule has 2 aliphatic rings. The number of nitrogens with zero attached hydrogens (tertiary/aromatic N) is 1. The summed E-state index contributed by atoms with van der Waals surface area (Å²) in [5.74, 6) is -0.637. The molecule has 0 radical (unpaired) electrons. The summed E-state index contributed by atoms with van der Waals surface area (Å²) in [5.41, 5.74) is 0.579. The molecule has 4 amide bonds. The second kappa shape index (κ2) is 6.24. The third-order valence-corrected chi connectivity index (χ3v) is 4.26. The molecule has 6 heteroatoms. The molecule has 0 atom stereocenters. The molecule has 0 aromatic heterocycles. The number of hydrogen-bond donors (Lipinski definition) is 1. The van der Waals surface area contributed by atoms with Gasteiger partial charge in [-0.15, -0.1) is 0 Å². The smallest absolute Gasteiger partial charge is 0.331 e. The van der Waals surface area contributed by atoms with E-state index < -0.39 is 17.8 Å². The van der Waals surface area contributed by atoms with Crippen molar-refractivity contribution >= 4 is 23.9 Å². The molecule has 0 unspecified atom stereocenters. The van der Waals surface area contributed by atoms with Crippen molar-refractivity contribution in [2.45, 2.75) is 31.7 Å². The molecule has 2 fully saturated rings. The van der Waals surface area contributed by atoms with E-state index in [-0.39, 0.29) is 11.6 Å². The van der Waals surface area contributed by atoms with Gasteiger partial charge < -0.3 is 4.74 Å². The molecular formula is C17H18N2O4. The summed E-state index contributed by atoms with van der Waals surface area (Å²) < 4.78 is 5.24. The minimum absolute atomic E-state index is 0.0407. The van der Waals surface area contributed by atoms with E-state index in [0.717, 1.165) is 25.7 Å². The van der Waals surface area contributed by atoms with Gasteiger partial charge >= 0.3 is 6.03 Å². The minimum Gasteiger partial charge on any atom is -0.496 e. The highest BCUT2D eigenvalue weighted by Crippen LogP contribution is 2.28. The fraction of sp³-hybridized carbons (Fsp3) is 0.353. The number of ether oxygens (including phenoxy) is 1. The topological polar surface area (TPSA) is 75.7 Å². The minimum atomic E-state index is -0.667. The summed E-state index contributed by atoms with van der Waals surface area (Å²) in [6.45, 7) is 0. The molecule has 1 aromatic carbocycles. The van der Waals surface area contributed by atoms with Gasteiger partial charge in [0, 0.05) is 11.6 Å². The van der Waals surface area contributed by atoms with E-state index >= 15 is 0 Å². The van der Waals surface area contributed by atoms with E-state index in [4.69, 9.17) is 4.74 Å². The lowest BCUT2D eigenvalue weighted by Gasteiger charge is -2.31. The Balaban J connectivity index is 1.96. The molecule has 1 aliphatic carbocycles. The van der Waals surface area contributed by atoms with E-state index in [2.05, 4.69) is 5.32 Å². The van der Waals surface area contributed by atoms with Crippen LogP contribution in [0.2, 0.25) is 0 Å². The number of rotatable bonds is 3. The van der Waals surface area contributed by atoms with Gasteiger partial charge in [0.25, 0.3) is 11.8 Å². The highest BCUT2D eigenvalue weighted by atomic mass is 16.5. The molecule has 1 N–H and O–H groups in total. The number of barbiturate groups is 1. The predicted molar refractivity (Wildman–Crippen MR) is 83.6 cm³/mol. The quantitative estimate of drug-likeness (QED) is 0.685. The van der Waals surface area contributed by atoms with Gasteiger partial charge in [0.05, 0.1) is 7.11 Å². The van der Waals surface area contributed by atoms with E-state index in [1.807, 2.05) is 0 Å². The van der Waals surface area contributed by atoms with Gasteiger partial charge in [-0.3, -0.25) is 19.8 Å². The fourth-order valence-electron chi connectivity index (χ4n) is 3.11. The van der Waals surface area contributed by atoms with Crippen LogP contribution in [-0.2, 0) is 9.59 Å². The zero-order chi connectivity index (χ0) is 16.4. The third kappa shape index (κ3) is 2.84. The molecule has 1 aliphatic heterocycles. The number of hydrogen-bond acceptors (Lipinski definition) is 4. The van der Waals surface area contributed by atoms with Crippen LogP contribution < -0.4 is 10.1 Å². The number of carbonyl (C=O) groups is 3. The van der Waals surface area contributed by atoms with E-state index in [1.165, 1.54) is 18.1 Å². The second-order valence-electron chi connectivity index (χ2n) is 5.67. The van der Waals surface area contributed by atoms with E-state index in [0.29, 0.717) is 11.3 Å². The highest BCUT2D eigenvalue weighted by molar-refractivity contribution is 6.31. The normalized spacial score (nSPS) is 21.0. The molecule has 6 nitrogen and oxygen atoms in total. The first-order chi connectivity index (χ1) is 11.1. The van der Waals surface area contributed by atoms with Crippen molar-refractivity contribution < 1.29 is 19.1 Å². The summed E-state index contributed by atoms with van der Waals surface area (Å²) in [6, 6.07) is 6.35. The second-order valence-corrected chi connectivity index (χ2v) is 5.67. The first kappa shape index (κ1) is 15.3. The lowest BCUT2D eigenvalue weighted by molar-refractivity contribution is -0.131. The number of nitrogens with one attached hydrogen (secondary N) is 1. The van der Waals surface area contributed by atoms with Crippen LogP contribution in [0.15, 0.2) is 29.8 Å². The molecular weight excluding hydrogens is 296 g/mol. The Morgan fingerprint density at radius 3 is 2.57 bits per heavy atom. The fourth-order valence-corrected chi connectivity index (χ4v) is 3.11. The van der Waals surface area contributed by atoms with Crippen molar-refractivity contribution in [2.75, 3.05) is 7.11 Å². The summed E-state index contributed by atoms with van der Waals surface area (Å²) in [4.78, 5) is 38.0. The maximum absolute atomic E-state index is 12.7. The van der Waals surface area contributed by atoms with Gasteiger partial charge in [0.2, 0.25) is 0 Å². The van der Waals surface area contributed by atoms with Crippen molar-refractivity contribution in [3.8, 4) is 5.75 Å². The summed E-state index contributed by atoms with van der Waals surface area (Å²) in [5, 5.41) is 2.26. The van der Waals surface area contributed by atoms with Crippen LogP contribution in [0.25, 0.3) is 6.08 Å². The summed E-state index contributed by atoms with van der Waals surface area (Å²) in [7, 11) is 1.52. The largest absolute Gasteiger partial charge is 0.496 e. The maximum atomic E-state index is 12.7. The Labute approximate surface area is 134 Å². The van der Waals surface area contributed by atoms with E-state index in [9.17, 15) is 14.4 Å². The van der Waals surface area contributed by atoms with Crippen LogP contribution in [0.3, 0.4) is 0 Å². The molecule has 1 saturated carbocycles. The molecule has 1 heterocycles. The zero-order valence-electron chi connectivity index (χ0n) is 12.9. The Morgan fingerprint density at radius 1 is 1.17 bits per heavy atom. The lowest BCUT2D eigenvalue weighted by Crippen LogP contribution is -2.57. The first-order valence-electron chi connectivity index (χ1n) is 7.65. The monoisotopic (exact) mass is 314 g/mol. The van der Waals surface area contributed by atoms with Gasteiger partial charge in [0.1, 0.15) is 11.3 Å². The zero-order valence-corrected chi connectivity index (χ0v) is 12.9.